The normalized spacial score (nSPS) is 13.8. The van der Waals surface area contributed by atoms with E-state index in [1.165, 1.54) is 0 Å². The lowest BCUT2D eigenvalue weighted by Gasteiger charge is -2.04. The molecule has 2 aromatic heterocycles. The number of rotatable bonds is 4. The molecule has 0 fully saturated rings. The number of aryl methyl sites for hydroxylation is 1. The molecule has 1 amide bonds. The van der Waals surface area contributed by atoms with Crippen LogP contribution in [0.1, 0.15) is 36.1 Å². The number of carbonyl (C=O) groups excluding carboxylic acids is 1. The van der Waals surface area contributed by atoms with Gasteiger partial charge in [0, 0.05) is 30.7 Å². The Morgan fingerprint density at radius 3 is 3.10 bits per heavy atom. The average Bonchev–Trinajstić information content (AvgIpc) is 3.10. The molecule has 7 heteroatoms. The first kappa shape index (κ1) is 13.2. The zero-order chi connectivity index (χ0) is 14.1. The molecule has 0 radical (unpaired) electrons. The van der Waals surface area contributed by atoms with Gasteiger partial charge in [-0.05, 0) is 19.9 Å². The van der Waals surface area contributed by atoms with Crippen LogP contribution >= 0.6 is 11.8 Å². The van der Waals surface area contributed by atoms with Crippen molar-refractivity contribution in [3.8, 4) is 0 Å². The van der Waals surface area contributed by atoms with Crippen LogP contribution in [0.2, 0.25) is 0 Å². The molecule has 0 spiro atoms. The lowest BCUT2D eigenvalue weighted by Crippen LogP contribution is -2.23. The summed E-state index contributed by atoms with van der Waals surface area (Å²) < 4.78 is 3.90. The fourth-order valence-corrected chi connectivity index (χ4v) is 3.02. The second kappa shape index (κ2) is 5.32. The molecule has 1 aliphatic heterocycles. The van der Waals surface area contributed by atoms with E-state index in [0.29, 0.717) is 12.2 Å². The van der Waals surface area contributed by atoms with Gasteiger partial charge in [-0.25, -0.2) is 4.98 Å². The minimum Gasteiger partial charge on any atom is -0.345 e. The summed E-state index contributed by atoms with van der Waals surface area (Å²) in [5.74, 6) is 0.923. The van der Waals surface area contributed by atoms with Gasteiger partial charge in [-0.1, -0.05) is 11.8 Å². The van der Waals surface area contributed by atoms with Gasteiger partial charge in [0.15, 0.2) is 5.16 Å². The van der Waals surface area contributed by atoms with Crippen LogP contribution in [0.15, 0.2) is 23.6 Å². The number of hydrogen-bond donors (Lipinski definition) is 1. The number of fused-ring (bicyclic) bond motifs is 1. The number of amides is 1. The molecular formula is C13H17N5OS. The minimum absolute atomic E-state index is 0.162. The summed E-state index contributed by atoms with van der Waals surface area (Å²) in [5, 5.41) is 8.14. The van der Waals surface area contributed by atoms with E-state index in [9.17, 15) is 4.79 Å². The molecular weight excluding hydrogens is 274 g/mol. The van der Waals surface area contributed by atoms with E-state index in [4.69, 9.17) is 0 Å². The van der Waals surface area contributed by atoms with Gasteiger partial charge in [0.05, 0.1) is 12.2 Å². The summed E-state index contributed by atoms with van der Waals surface area (Å²) in [5.41, 5.74) is 1.34. The Kier molecular flexibility index (Phi) is 3.52. The Bertz CT molecular complexity index is 609. The van der Waals surface area contributed by atoms with Crippen molar-refractivity contribution in [1.29, 1.82) is 0 Å². The van der Waals surface area contributed by atoms with Gasteiger partial charge in [0.25, 0.3) is 5.91 Å². The van der Waals surface area contributed by atoms with Gasteiger partial charge in [0.1, 0.15) is 5.69 Å². The van der Waals surface area contributed by atoms with Crippen LogP contribution in [0.3, 0.4) is 0 Å². The predicted octanol–water partition coefficient (Wildman–Crippen LogP) is 1.70. The van der Waals surface area contributed by atoms with E-state index in [1.54, 1.807) is 22.5 Å². The molecule has 0 atom stereocenters. The summed E-state index contributed by atoms with van der Waals surface area (Å²) in [4.78, 5) is 16.5. The maximum atomic E-state index is 12.0. The molecule has 2 aromatic rings. The second-order valence-corrected chi connectivity index (χ2v) is 6.08. The first-order chi connectivity index (χ1) is 9.63. The van der Waals surface area contributed by atoms with Crippen LogP contribution in [0.4, 0.5) is 0 Å². The van der Waals surface area contributed by atoms with Crippen molar-refractivity contribution in [3.63, 3.8) is 0 Å². The summed E-state index contributed by atoms with van der Waals surface area (Å²) >= 11 is 1.75. The number of thioether (sulfide) groups is 1. The zero-order valence-corrected chi connectivity index (χ0v) is 12.4. The molecule has 3 rings (SSSR count). The van der Waals surface area contributed by atoms with Crippen LogP contribution in [0, 0.1) is 0 Å². The van der Waals surface area contributed by atoms with Crippen molar-refractivity contribution >= 4 is 17.7 Å². The van der Waals surface area contributed by atoms with Gasteiger partial charge < -0.3 is 9.88 Å². The fraction of sp³-hybridized carbons (Fsp3) is 0.462. The summed E-state index contributed by atoms with van der Waals surface area (Å²) in [7, 11) is 0. The molecule has 20 heavy (non-hydrogen) atoms. The van der Waals surface area contributed by atoms with E-state index in [1.807, 2.05) is 26.2 Å². The van der Waals surface area contributed by atoms with Crippen LogP contribution in [-0.4, -0.2) is 31.0 Å². The zero-order valence-electron chi connectivity index (χ0n) is 11.5. The third-order valence-electron chi connectivity index (χ3n) is 3.15. The van der Waals surface area contributed by atoms with Crippen molar-refractivity contribution < 1.29 is 4.79 Å². The number of nitrogens with one attached hydrogen (secondary N) is 1. The van der Waals surface area contributed by atoms with E-state index in [0.717, 1.165) is 23.1 Å². The van der Waals surface area contributed by atoms with Crippen LogP contribution in [0.5, 0.6) is 0 Å². The second-order valence-electron chi connectivity index (χ2n) is 5.01. The fourth-order valence-electron chi connectivity index (χ4n) is 2.06. The largest absolute Gasteiger partial charge is 0.345 e. The number of hydrogen-bond acceptors (Lipinski definition) is 4. The molecule has 1 aliphatic rings. The van der Waals surface area contributed by atoms with Crippen molar-refractivity contribution in [3.05, 3.63) is 29.8 Å². The minimum atomic E-state index is -0.162. The van der Waals surface area contributed by atoms with Crippen molar-refractivity contribution in [2.75, 3.05) is 5.75 Å². The van der Waals surface area contributed by atoms with Crippen molar-refractivity contribution in [2.24, 2.45) is 0 Å². The quantitative estimate of drug-likeness (QED) is 0.931. The Labute approximate surface area is 121 Å². The van der Waals surface area contributed by atoms with Crippen LogP contribution in [-0.2, 0) is 13.1 Å². The monoisotopic (exact) mass is 291 g/mol. The van der Waals surface area contributed by atoms with Crippen molar-refractivity contribution in [1.82, 2.24) is 24.6 Å². The highest BCUT2D eigenvalue weighted by Gasteiger charge is 2.15. The van der Waals surface area contributed by atoms with Gasteiger partial charge >= 0.3 is 0 Å². The molecule has 1 N–H and O–H groups in total. The molecule has 6 nitrogen and oxygen atoms in total. The van der Waals surface area contributed by atoms with Gasteiger partial charge in [-0.2, -0.15) is 5.10 Å². The number of aromatic nitrogens is 4. The molecule has 0 saturated carbocycles. The predicted molar refractivity (Wildman–Crippen MR) is 76.7 cm³/mol. The summed E-state index contributed by atoms with van der Waals surface area (Å²) in [6.07, 6.45) is 3.82. The highest BCUT2D eigenvalue weighted by atomic mass is 32.2. The summed E-state index contributed by atoms with van der Waals surface area (Å²) in [6.45, 7) is 5.49. The SMILES string of the molecule is CC(C)n1ccc(C(=O)NCc2cn3c(n2)SCC3)n1. The van der Waals surface area contributed by atoms with E-state index >= 15 is 0 Å². The third kappa shape index (κ3) is 2.58. The van der Waals surface area contributed by atoms with Gasteiger partial charge in [-0.15, -0.1) is 0 Å². The highest BCUT2D eigenvalue weighted by molar-refractivity contribution is 7.99. The van der Waals surface area contributed by atoms with Crippen LogP contribution < -0.4 is 5.32 Å². The first-order valence-corrected chi connectivity index (χ1v) is 7.64. The Hall–Kier alpha value is -1.76. The number of imidazole rings is 1. The maximum Gasteiger partial charge on any atom is 0.272 e. The third-order valence-corrected chi connectivity index (χ3v) is 4.12. The highest BCUT2D eigenvalue weighted by Crippen LogP contribution is 2.24. The lowest BCUT2D eigenvalue weighted by molar-refractivity contribution is 0.0944. The smallest absolute Gasteiger partial charge is 0.272 e. The average molecular weight is 291 g/mol. The number of nitrogens with zero attached hydrogens (tertiary/aromatic N) is 4. The molecule has 3 heterocycles. The first-order valence-electron chi connectivity index (χ1n) is 6.65. The molecule has 0 aromatic carbocycles. The molecule has 0 unspecified atom stereocenters. The maximum absolute atomic E-state index is 12.0. The van der Waals surface area contributed by atoms with Crippen molar-refractivity contribution in [2.45, 2.75) is 38.1 Å². The van der Waals surface area contributed by atoms with E-state index in [2.05, 4.69) is 20.0 Å². The van der Waals surface area contributed by atoms with Gasteiger partial charge in [0.2, 0.25) is 0 Å². The lowest BCUT2D eigenvalue weighted by atomic mass is 10.4. The summed E-state index contributed by atoms with van der Waals surface area (Å²) in [6, 6.07) is 1.99. The Balaban J connectivity index is 1.60. The molecule has 0 aliphatic carbocycles. The number of carbonyl (C=O) groups is 1. The molecule has 0 bridgehead atoms. The van der Waals surface area contributed by atoms with E-state index in [-0.39, 0.29) is 11.9 Å². The van der Waals surface area contributed by atoms with Gasteiger partial charge in [-0.3, -0.25) is 9.48 Å². The Morgan fingerprint density at radius 1 is 1.55 bits per heavy atom. The van der Waals surface area contributed by atoms with E-state index < -0.39 is 0 Å². The topological polar surface area (TPSA) is 64.7 Å². The Morgan fingerprint density at radius 2 is 2.40 bits per heavy atom. The van der Waals surface area contributed by atoms with Crippen LogP contribution in [0.25, 0.3) is 0 Å². The molecule has 0 saturated heterocycles. The molecule has 106 valence electrons. The standard InChI is InChI=1S/C13H17N5OS/c1-9(2)18-4-3-11(16-18)12(19)14-7-10-8-17-5-6-20-13(17)15-10/h3-4,8-9H,5-7H2,1-2H3,(H,14,19).